The van der Waals surface area contributed by atoms with Gasteiger partial charge in [-0.05, 0) is 50.8 Å². The van der Waals surface area contributed by atoms with Crippen LogP contribution < -0.4 is 5.32 Å². The predicted molar refractivity (Wildman–Crippen MR) is 88.1 cm³/mol. The molecule has 0 amide bonds. The lowest BCUT2D eigenvalue weighted by molar-refractivity contribution is 0.218. The summed E-state index contributed by atoms with van der Waals surface area (Å²) in [4.78, 5) is 1.08. The molecule has 1 aromatic heterocycles. The first kappa shape index (κ1) is 16.9. The Morgan fingerprint density at radius 1 is 1.33 bits per heavy atom. The maximum absolute atomic E-state index is 12.8. The van der Waals surface area contributed by atoms with Gasteiger partial charge in [0.1, 0.15) is 4.21 Å². The van der Waals surface area contributed by atoms with Crippen LogP contribution in [0.4, 0.5) is 0 Å². The smallest absolute Gasteiger partial charge is 0.252 e. The van der Waals surface area contributed by atoms with E-state index < -0.39 is 10.0 Å². The van der Waals surface area contributed by atoms with Crippen LogP contribution in [0.15, 0.2) is 16.3 Å². The molecule has 21 heavy (non-hydrogen) atoms. The molecule has 0 aliphatic carbocycles. The van der Waals surface area contributed by atoms with Crippen molar-refractivity contribution in [1.29, 1.82) is 0 Å². The van der Waals surface area contributed by atoms with Gasteiger partial charge >= 0.3 is 0 Å². The number of sulfonamides is 1. The zero-order valence-corrected chi connectivity index (χ0v) is 14.8. The minimum Gasteiger partial charge on any atom is -0.312 e. The molecule has 4 nitrogen and oxygen atoms in total. The quantitative estimate of drug-likeness (QED) is 0.816. The molecule has 2 unspecified atom stereocenters. The topological polar surface area (TPSA) is 49.4 Å². The average molecular weight is 331 g/mol. The predicted octanol–water partition coefficient (Wildman–Crippen LogP) is 3.06. The van der Waals surface area contributed by atoms with E-state index in [2.05, 4.69) is 19.2 Å². The number of piperidine rings is 1. The van der Waals surface area contributed by atoms with Crippen molar-refractivity contribution in [2.45, 2.75) is 56.8 Å². The lowest BCUT2D eigenvalue weighted by Crippen LogP contribution is -2.44. The van der Waals surface area contributed by atoms with Gasteiger partial charge in [0.2, 0.25) is 0 Å². The van der Waals surface area contributed by atoms with Gasteiger partial charge in [-0.15, -0.1) is 11.3 Å². The van der Waals surface area contributed by atoms with Gasteiger partial charge in [-0.25, -0.2) is 8.42 Å². The summed E-state index contributed by atoms with van der Waals surface area (Å²) in [5.41, 5.74) is 0. The van der Waals surface area contributed by atoms with Gasteiger partial charge in [-0.1, -0.05) is 13.8 Å². The fourth-order valence-electron chi connectivity index (χ4n) is 2.68. The summed E-state index contributed by atoms with van der Waals surface area (Å²) >= 11 is 1.40. The molecule has 0 aromatic carbocycles. The molecule has 2 atom stereocenters. The molecule has 0 bridgehead atoms. The highest BCUT2D eigenvalue weighted by Crippen LogP contribution is 2.31. The summed E-state index contributed by atoms with van der Waals surface area (Å²) in [5.74, 6) is 0.446. The van der Waals surface area contributed by atoms with Crippen molar-refractivity contribution in [2.75, 3.05) is 13.1 Å². The SMILES string of the molecule is CCCNCc1ccc(S(=O)(=O)N2CC(C)CCC2C)s1. The van der Waals surface area contributed by atoms with Crippen molar-refractivity contribution in [2.24, 2.45) is 5.92 Å². The van der Waals surface area contributed by atoms with Crippen LogP contribution in [-0.4, -0.2) is 31.9 Å². The third kappa shape index (κ3) is 4.06. The summed E-state index contributed by atoms with van der Waals surface area (Å²) in [7, 11) is -3.33. The Kier molecular flexibility index (Phi) is 5.82. The Morgan fingerprint density at radius 3 is 2.81 bits per heavy atom. The van der Waals surface area contributed by atoms with Crippen LogP contribution in [0.5, 0.6) is 0 Å². The second-order valence-corrected chi connectivity index (χ2v) is 9.29. The third-order valence-electron chi connectivity index (χ3n) is 3.99. The van der Waals surface area contributed by atoms with Gasteiger partial charge in [0, 0.05) is 24.0 Å². The number of hydrogen-bond acceptors (Lipinski definition) is 4. The Bertz CT molecular complexity index is 554. The lowest BCUT2D eigenvalue weighted by atomic mass is 9.97. The molecule has 1 aliphatic rings. The van der Waals surface area contributed by atoms with E-state index >= 15 is 0 Å². The molecule has 1 aliphatic heterocycles. The summed E-state index contributed by atoms with van der Waals surface area (Å²) in [6.07, 6.45) is 3.15. The molecule has 1 fully saturated rings. The van der Waals surface area contributed by atoms with E-state index in [4.69, 9.17) is 0 Å². The van der Waals surface area contributed by atoms with E-state index in [1.54, 1.807) is 10.4 Å². The first-order valence-corrected chi connectivity index (χ1v) is 10.0. The van der Waals surface area contributed by atoms with Gasteiger partial charge in [-0.2, -0.15) is 4.31 Å². The summed E-state index contributed by atoms with van der Waals surface area (Å²) in [5, 5.41) is 3.31. The van der Waals surface area contributed by atoms with Crippen LogP contribution in [0.1, 0.15) is 44.9 Å². The van der Waals surface area contributed by atoms with E-state index in [9.17, 15) is 8.42 Å². The van der Waals surface area contributed by atoms with Crippen molar-refractivity contribution < 1.29 is 8.42 Å². The largest absolute Gasteiger partial charge is 0.312 e. The fourth-order valence-corrected chi connectivity index (χ4v) is 5.91. The molecule has 0 saturated carbocycles. The first-order valence-electron chi connectivity index (χ1n) is 7.76. The van der Waals surface area contributed by atoms with Crippen LogP contribution in [0, 0.1) is 5.92 Å². The number of thiophene rings is 1. The van der Waals surface area contributed by atoms with Gasteiger partial charge in [0.25, 0.3) is 10.0 Å². The highest BCUT2D eigenvalue weighted by Gasteiger charge is 2.34. The molecule has 1 aromatic rings. The molecule has 0 spiro atoms. The molecule has 1 N–H and O–H groups in total. The van der Waals surface area contributed by atoms with Crippen LogP contribution in [0.25, 0.3) is 0 Å². The van der Waals surface area contributed by atoms with Crippen molar-refractivity contribution in [3.63, 3.8) is 0 Å². The molecule has 2 heterocycles. The van der Waals surface area contributed by atoms with Crippen LogP contribution in [-0.2, 0) is 16.6 Å². The Morgan fingerprint density at radius 2 is 2.10 bits per heavy atom. The molecule has 2 rings (SSSR count). The standard InChI is InChI=1S/C15H26N2O2S2/c1-4-9-16-10-14-7-8-15(20-14)21(18,19)17-11-12(2)5-6-13(17)3/h7-8,12-13,16H,4-6,9-11H2,1-3H3. The van der Waals surface area contributed by atoms with E-state index in [0.29, 0.717) is 16.7 Å². The number of rotatable bonds is 6. The highest BCUT2D eigenvalue weighted by molar-refractivity contribution is 7.91. The molecular formula is C15H26N2O2S2. The zero-order chi connectivity index (χ0) is 15.5. The van der Waals surface area contributed by atoms with Gasteiger partial charge in [-0.3, -0.25) is 0 Å². The second-order valence-electron chi connectivity index (χ2n) is 6.00. The average Bonchev–Trinajstić information content (AvgIpc) is 2.91. The number of nitrogens with zero attached hydrogens (tertiary/aromatic N) is 1. The van der Waals surface area contributed by atoms with Gasteiger partial charge in [0.15, 0.2) is 0 Å². The molecule has 6 heteroatoms. The Hall–Kier alpha value is -0.430. The minimum absolute atomic E-state index is 0.106. The van der Waals surface area contributed by atoms with Crippen LogP contribution in [0.3, 0.4) is 0 Å². The lowest BCUT2D eigenvalue weighted by Gasteiger charge is -2.35. The number of hydrogen-bond donors (Lipinski definition) is 1. The summed E-state index contributed by atoms with van der Waals surface area (Å²) in [6.45, 7) is 8.62. The van der Waals surface area contributed by atoms with Crippen molar-refractivity contribution in [3.8, 4) is 0 Å². The van der Waals surface area contributed by atoms with E-state index in [-0.39, 0.29) is 6.04 Å². The van der Waals surface area contributed by atoms with Crippen molar-refractivity contribution in [1.82, 2.24) is 9.62 Å². The van der Waals surface area contributed by atoms with Crippen molar-refractivity contribution >= 4 is 21.4 Å². The first-order chi connectivity index (χ1) is 9.95. The second kappa shape index (κ2) is 7.22. The van der Waals surface area contributed by atoms with E-state index in [0.717, 1.165) is 37.2 Å². The van der Waals surface area contributed by atoms with E-state index in [1.807, 2.05) is 13.0 Å². The van der Waals surface area contributed by atoms with Gasteiger partial charge < -0.3 is 5.32 Å². The van der Waals surface area contributed by atoms with E-state index in [1.165, 1.54) is 11.3 Å². The zero-order valence-electron chi connectivity index (χ0n) is 13.1. The maximum atomic E-state index is 12.8. The highest BCUT2D eigenvalue weighted by atomic mass is 32.2. The van der Waals surface area contributed by atoms with Crippen LogP contribution >= 0.6 is 11.3 Å². The van der Waals surface area contributed by atoms with Crippen LogP contribution in [0.2, 0.25) is 0 Å². The monoisotopic (exact) mass is 330 g/mol. The minimum atomic E-state index is -3.33. The summed E-state index contributed by atoms with van der Waals surface area (Å²) < 4.78 is 27.8. The fraction of sp³-hybridized carbons (Fsp3) is 0.733. The number of nitrogens with one attached hydrogen (secondary N) is 1. The third-order valence-corrected chi connectivity index (χ3v) is 7.52. The molecule has 1 saturated heterocycles. The normalized spacial score (nSPS) is 24.3. The Balaban J connectivity index is 2.11. The molecule has 120 valence electrons. The van der Waals surface area contributed by atoms with Crippen molar-refractivity contribution in [3.05, 3.63) is 17.0 Å². The van der Waals surface area contributed by atoms with Gasteiger partial charge in [0.05, 0.1) is 0 Å². The molecule has 0 radical (unpaired) electrons. The maximum Gasteiger partial charge on any atom is 0.252 e. The molecular weight excluding hydrogens is 304 g/mol. The summed E-state index contributed by atoms with van der Waals surface area (Å²) in [6, 6.07) is 3.79. The Labute approximate surface area is 132 Å².